The number of ether oxygens (including phenoxy) is 4. The van der Waals surface area contributed by atoms with E-state index in [0.29, 0.717) is 52.2 Å². The second kappa shape index (κ2) is 17.1. The van der Waals surface area contributed by atoms with Crippen LogP contribution in [0.5, 0.6) is 17.2 Å². The minimum absolute atomic E-state index is 0.126. The van der Waals surface area contributed by atoms with Gasteiger partial charge in [0, 0.05) is 43.7 Å². The second-order valence-corrected chi connectivity index (χ2v) is 12.4. The molecule has 1 unspecified atom stereocenters. The van der Waals surface area contributed by atoms with Crippen LogP contribution < -0.4 is 14.2 Å². The van der Waals surface area contributed by atoms with E-state index in [2.05, 4.69) is 48.9 Å². The average molecular weight is 668 g/mol. The second-order valence-electron chi connectivity index (χ2n) is 12.0. The van der Waals surface area contributed by atoms with E-state index < -0.39 is 0 Å². The molecule has 5 rings (SSSR count). The number of rotatable bonds is 15. The molecule has 0 N–H and O–H groups in total. The lowest BCUT2D eigenvalue weighted by atomic mass is 9.93. The fourth-order valence-electron chi connectivity index (χ4n) is 5.97. The molecule has 1 aliphatic rings. The molecule has 8 nitrogen and oxygen atoms in total. The molecular weight excluding hydrogens is 626 g/mol. The first-order valence-electron chi connectivity index (χ1n) is 16.4. The zero-order valence-corrected chi connectivity index (χ0v) is 28.6. The number of halogens is 1. The highest BCUT2D eigenvalue weighted by atomic mass is 35.5. The van der Waals surface area contributed by atoms with Gasteiger partial charge in [0.1, 0.15) is 36.5 Å². The maximum absolute atomic E-state index is 11.8. The molecule has 3 aromatic carbocycles. The van der Waals surface area contributed by atoms with Crippen LogP contribution in [0.2, 0.25) is 5.02 Å². The van der Waals surface area contributed by atoms with Crippen molar-refractivity contribution >= 4 is 17.9 Å². The average Bonchev–Trinajstić information content (AvgIpc) is 3.10. The molecule has 9 heteroatoms. The normalized spacial score (nSPS) is 14.7. The van der Waals surface area contributed by atoms with Crippen LogP contribution in [0.25, 0.3) is 11.1 Å². The molecule has 1 atom stereocenters. The van der Waals surface area contributed by atoms with Gasteiger partial charge in [-0.25, -0.2) is 0 Å². The molecule has 250 valence electrons. The third kappa shape index (κ3) is 8.93. The van der Waals surface area contributed by atoms with Crippen molar-refractivity contribution in [1.29, 1.82) is 5.26 Å². The lowest BCUT2D eigenvalue weighted by Crippen LogP contribution is -2.43. The first-order chi connectivity index (χ1) is 23.4. The number of morpholine rings is 1. The third-order valence-electron chi connectivity index (χ3n) is 8.62. The quantitative estimate of drug-likeness (QED) is 0.0927. The number of benzene rings is 3. The van der Waals surface area contributed by atoms with Crippen molar-refractivity contribution in [2.45, 2.75) is 59.4 Å². The summed E-state index contributed by atoms with van der Waals surface area (Å²) in [5.74, 6) is 1.62. The zero-order chi connectivity index (χ0) is 33.9. The Balaban J connectivity index is 1.23. The summed E-state index contributed by atoms with van der Waals surface area (Å²) in [7, 11) is 0. The molecule has 1 saturated heterocycles. The van der Waals surface area contributed by atoms with Gasteiger partial charge in [-0.3, -0.25) is 14.7 Å². The van der Waals surface area contributed by atoms with E-state index in [1.807, 2.05) is 24.3 Å². The van der Waals surface area contributed by atoms with Crippen LogP contribution in [-0.2, 0) is 18.0 Å². The van der Waals surface area contributed by atoms with Crippen molar-refractivity contribution in [2.24, 2.45) is 0 Å². The van der Waals surface area contributed by atoms with Gasteiger partial charge in [-0.05, 0) is 72.7 Å². The van der Waals surface area contributed by atoms with Crippen LogP contribution in [-0.4, -0.2) is 55.1 Å². The highest BCUT2D eigenvalue weighted by molar-refractivity contribution is 6.32. The number of carbonyl (C=O) groups is 1. The minimum Gasteiger partial charge on any atom is -0.493 e. The summed E-state index contributed by atoms with van der Waals surface area (Å²) >= 11 is 6.52. The lowest BCUT2D eigenvalue weighted by molar-refractivity contribution is -0.0331. The van der Waals surface area contributed by atoms with Crippen molar-refractivity contribution in [3.8, 4) is 34.4 Å². The Morgan fingerprint density at radius 3 is 2.58 bits per heavy atom. The number of aldehydes is 1. The van der Waals surface area contributed by atoms with Crippen LogP contribution in [0.4, 0.5) is 0 Å². The van der Waals surface area contributed by atoms with E-state index in [-0.39, 0.29) is 13.2 Å². The highest BCUT2D eigenvalue weighted by Crippen LogP contribution is 2.36. The molecule has 0 amide bonds. The standard InChI is InChI=1S/C39H42ClN3O5/c1-4-8-33-23-43(14-16-45-33)13-7-15-46-37-12-6-11-35(28(37)3)34-10-5-9-31(27(34)2)26-48-39-19-38(32(24-44)18-36(39)40)47-25-30-17-29(20-41)21-42-22-30/h5-6,9-12,17-19,21-22,24,33H,4,7-8,13-16,23,25-26H2,1-3H3. The van der Waals surface area contributed by atoms with E-state index in [1.165, 1.54) is 12.3 Å². The molecule has 4 aromatic rings. The Bertz CT molecular complexity index is 1750. The van der Waals surface area contributed by atoms with Crippen molar-refractivity contribution in [1.82, 2.24) is 9.88 Å². The molecule has 1 aliphatic heterocycles. The predicted octanol–water partition coefficient (Wildman–Crippen LogP) is 8.13. The summed E-state index contributed by atoms with van der Waals surface area (Å²) in [4.78, 5) is 18.3. The van der Waals surface area contributed by atoms with E-state index in [1.54, 1.807) is 18.3 Å². The number of nitriles is 1. The molecular formula is C39H42ClN3O5. The number of hydrogen-bond acceptors (Lipinski definition) is 8. The van der Waals surface area contributed by atoms with Crippen molar-refractivity contribution < 1.29 is 23.7 Å². The van der Waals surface area contributed by atoms with Crippen molar-refractivity contribution in [3.63, 3.8) is 0 Å². The van der Waals surface area contributed by atoms with Gasteiger partial charge >= 0.3 is 0 Å². The number of aromatic nitrogens is 1. The Labute approximate surface area is 288 Å². The number of nitrogens with zero attached hydrogens (tertiary/aromatic N) is 3. The monoisotopic (exact) mass is 667 g/mol. The molecule has 0 bridgehead atoms. The van der Waals surface area contributed by atoms with Gasteiger partial charge in [-0.2, -0.15) is 5.26 Å². The Morgan fingerprint density at radius 2 is 1.79 bits per heavy atom. The Hall–Kier alpha value is -4.42. The lowest BCUT2D eigenvalue weighted by Gasteiger charge is -2.32. The maximum Gasteiger partial charge on any atom is 0.153 e. The SMILES string of the molecule is CCCC1CN(CCCOc2cccc(-c3cccc(COc4cc(OCc5cncc(C#N)c5)c(C=O)cc4Cl)c3C)c2C)CCO1. The summed E-state index contributed by atoms with van der Waals surface area (Å²) < 4.78 is 24.3. The van der Waals surface area contributed by atoms with Crippen molar-refractivity contribution in [2.75, 3.05) is 32.8 Å². The van der Waals surface area contributed by atoms with Crippen LogP contribution in [0.15, 0.2) is 67.0 Å². The van der Waals surface area contributed by atoms with E-state index in [4.69, 9.17) is 35.8 Å². The van der Waals surface area contributed by atoms with Gasteiger partial charge in [0.25, 0.3) is 0 Å². The van der Waals surface area contributed by atoms with Crippen LogP contribution in [0.3, 0.4) is 0 Å². The first kappa shape index (κ1) is 34.9. The fourth-order valence-corrected chi connectivity index (χ4v) is 6.19. The molecule has 1 aromatic heterocycles. The summed E-state index contributed by atoms with van der Waals surface area (Å²) in [6, 6.07) is 19.3. The predicted molar refractivity (Wildman–Crippen MR) is 187 cm³/mol. The smallest absolute Gasteiger partial charge is 0.153 e. The van der Waals surface area contributed by atoms with E-state index >= 15 is 0 Å². The molecule has 1 fully saturated rings. The van der Waals surface area contributed by atoms with E-state index in [9.17, 15) is 4.79 Å². The number of hydrogen-bond donors (Lipinski definition) is 0. The van der Waals surface area contributed by atoms with Crippen molar-refractivity contribution in [3.05, 3.63) is 105 Å². The number of pyridine rings is 1. The molecule has 48 heavy (non-hydrogen) atoms. The fraction of sp³-hybridized carbons (Fsp3) is 0.359. The Morgan fingerprint density at radius 1 is 1.00 bits per heavy atom. The highest BCUT2D eigenvalue weighted by Gasteiger charge is 2.19. The number of carbonyl (C=O) groups excluding carboxylic acids is 1. The maximum atomic E-state index is 11.8. The zero-order valence-electron chi connectivity index (χ0n) is 27.8. The molecule has 0 aliphatic carbocycles. The summed E-state index contributed by atoms with van der Waals surface area (Å²) in [5.41, 5.74) is 6.84. The summed E-state index contributed by atoms with van der Waals surface area (Å²) in [6.45, 7) is 11.3. The van der Waals surface area contributed by atoms with Crippen LogP contribution in [0, 0.1) is 25.2 Å². The first-order valence-corrected chi connectivity index (χ1v) is 16.8. The van der Waals surface area contributed by atoms with Gasteiger partial charge in [-0.15, -0.1) is 0 Å². The molecule has 0 radical (unpaired) electrons. The van der Waals surface area contributed by atoms with Gasteiger partial charge in [0.2, 0.25) is 0 Å². The molecule has 2 heterocycles. The van der Waals surface area contributed by atoms with Gasteiger partial charge in [0.15, 0.2) is 6.29 Å². The summed E-state index contributed by atoms with van der Waals surface area (Å²) in [5, 5.41) is 9.46. The minimum atomic E-state index is 0.126. The van der Waals surface area contributed by atoms with Gasteiger partial charge < -0.3 is 18.9 Å². The molecule has 0 spiro atoms. The van der Waals surface area contributed by atoms with Crippen LogP contribution in [0.1, 0.15) is 64.4 Å². The molecule has 0 saturated carbocycles. The summed E-state index contributed by atoms with van der Waals surface area (Å²) in [6.07, 6.45) is 7.36. The topological polar surface area (TPSA) is 93.9 Å². The van der Waals surface area contributed by atoms with E-state index in [0.717, 1.165) is 79.1 Å². The van der Waals surface area contributed by atoms with Crippen LogP contribution >= 0.6 is 11.6 Å². The third-order valence-corrected chi connectivity index (χ3v) is 8.92. The van der Waals surface area contributed by atoms with Gasteiger partial charge in [0.05, 0.1) is 35.5 Å². The largest absolute Gasteiger partial charge is 0.493 e. The van der Waals surface area contributed by atoms with Gasteiger partial charge in [-0.1, -0.05) is 55.3 Å². The Kier molecular flexibility index (Phi) is 12.4.